The van der Waals surface area contributed by atoms with Crippen LogP contribution in [-0.2, 0) is 0 Å². The van der Waals surface area contributed by atoms with Gasteiger partial charge in [-0.2, -0.15) is 0 Å². The molecule has 1 N–H and O–H groups in total. The summed E-state index contributed by atoms with van der Waals surface area (Å²) in [7, 11) is 0. The highest BCUT2D eigenvalue weighted by atomic mass is 35.5. The quantitative estimate of drug-likeness (QED) is 0.546. The van der Waals surface area contributed by atoms with Crippen molar-refractivity contribution >= 4 is 52.6 Å². The summed E-state index contributed by atoms with van der Waals surface area (Å²) >= 11 is 14.5. The van der Waals surface area contributed by atoms with Gasteiger partial charge in [0.1, 0.15) is 5.82 Å². The summed E-state index contributed by atoms with van der Waals surface area (Å²) < 4.78 is 16.7. The Bertz CT molecular complexity index is 593. The highest BCUT2D eigenvalue weighted by molar-refractivity contribution is 8.01. The first-order valence-corrected chi connectivity index (χ1v) is 8.11. The lowest BCUT2D eigenvalue weighted by Crippen LogP contribution is -1.91. The molecule has 0 aliphatic rings. The molecule has 6 heteroatoms. The molecule has 0 fully saturated rings. The zero-order chi connectivity index (χ0) is 13.8. The van der Waals surface area contributed by atoms with E-state index >= 15 is 0 Å². The van der Waals surface area contributed by atoms with E-state index in [0.717, 1.165) is 10.6 Å². The highest BCUT2D eigenvalue weighted by Gasteiger charge is 2.07. The molecule has 0 bridgehead atoms. The van der Waals surface area contributed by atoms with Crippen LogP contribution in [0.15, 0.2) is 46.2 Å². The fourth-order valence-electron chi connectivity index (χ4n) is 1.43. The van der Waals surface area contributed by atoms with Crippen molar-refractivity contribution in [1.29, 1.82) is 0 Å². The van der Waals surface area contributed by atoms with Crippen molar-refractivity contribution in [3.05, 3.63) is 52.3 Å². The number of anilines is 1. The van der Waals surface area contributed by atoms with Gasteiger partial charge in [-0.05, 0) is 54.6 Å². The molecular formula is C13H10Cl2FNS2. The van der Waals surface area contributed by atoms with E-state index in [1.807, 2.05) is 24.5 Å². The van der Waals surface area contributed by atoms with Crippen molar-refractivity contribution in [2.75, 3.05) is 11.0 Å². The maximum absolute atomic E-state index is 13.6. The molecule has 0 spiro atoms. The topological polar surface area (TPSA) is 12.0 Å². The molecule has 0 heterocycles. The van der Waals surface area contributed by atoms with Crippen molar-refractivity contribution in [2.24, 2.45) is 0 Å². The molecule has 0 aliphatic heterocycles. The van der Waals surface area contributed by atoms with E-state index in [9.17, 15) is 4.39 Å². The summed E-state index contributed by atoms with van der Waals surface area (Å²) in [6.45, 7) is 0. The van der Waals surface area contributed by atoms with E-state index in [1.165, 1.54) is 18.0 Å². The van der Waals surface area contributed by atoms with Crippen LogP contribution >= 0.6 is 46.9 Å². The summed E-state index contributed by atoms with van der Waals surface area (Å²) in [5, 5.41) is 1.02. The molecule has 1 nitrogen and oxygen atoms in total. The third-order valence-electron chi connectivity index (χ3n) is 2.33. The molecule has 0 unspecified atom stereocenters. The summed E-state index contributed by atoms with van der Waals surface area (Å²) in [6.07, 6.45) is 1.97. The van der Waals surface area contributed by atoms with Gasteiger partial charge in [0.15, 0.2) is 0 Å². The van der Waals surface area contributed by atoms with Gasteiger partial charge < -0.3 is 4.72 Å². The molecule has 0 amide bonds. The standard InChI is InChI=1S/C13H10Cl2FNS2/c1-18-13-5-3-9(15)7-11(13)17-19-12-4-2-8(14)6-10(12)16/h2-7,17H,1H3. The average molecular weight is 334 g/mol. The lowest BCUT2D eigenvalue weighted by Gasteiger charge is -2.10. The van der Waals surface area contributed by atoms with Gasteiger partial charge in [0.05, 0.1) is 10.6 Å². The average Bonchev–Trinajstić information content (AvgIpc) is 2.38. The number of hydrogen-bond acceptors (Lipinski definition) is 3. The second-order valence-corrected chi connectivity index (χ2v) is 6.19. The summed E-state index contributed by atoms with van der Waals surface area (Å²) in [5.74, 6) is -0.349. The van der Waals surface area contributed by atoms with Crippen LogP contribution in [-0.4, -0.2) is 6.26 Å². The van der Waals surface area contributed by atoms with E-state index in [-0.39, 0.29) is 5.82 Å². The lowest BCUT2D eigenvalue weighted by atomic mass is 10.3. The van der Waals surface area contributed by atoms with Crippen LogP contribution in [0.3, 0.4) is 0 Å². The molecule has 2 aromatic rings. The van der Waals surface area contributed by atoms with Crippen molar-refractivity contribution in [2.45, 2.75) is 9.79 Å². The molecule has 0 atom stereocenters. The third kappa shape index (κ3) is 3.96. The Morgan fingerprint density at radius 2 is 1.63 bits per heavy atom. The van der Waals surface area contributed by atoms with Crippen LogP contribution in [0.5, 0.6) is 0 Å². The molecule has 0 aliphatic carbocycles. The Kier molecular flexibility index (Phi) is 5.28. The SMILES string of the molecule is CSc1ccc(Cl)cc1NSc1ccc(Cl)cc1F. The first-order chi connectivity index (χ1) is 9.10. The predicted molar refractivity (Wildman–Crippen MR) is 84.1 cm³/mol. The van der Waals surface area contributed by atoms with Crippen LogP contribution in [0.25, 0.3) is 0 Å². The van der Waals surface area contributed by atoms with Gasteiger partial charge in [-0.1, -0.05) is 23.2 Å². The zero-order valence-corrected chi connectivity index (χ0v) is 13.1. The number of thioether (sulfide) groups is 1. The van der Waals surface area contributed by atoms with Gasteiger partial charge in [0.2, 0.25) is 0 Å². The second-order valence-electron chi connectivity index (χ2n) is 3.62. The Morgan fingerprint density at radius 3 is 2.26 bits per heavy atom. The maximum Gasteiger partial charge on any atom is 0.140 e. The minimum Gasteiger partial charge on any atom is -0.324 e. The molecule has 0 radical (unpaired) electrons. The van der Waals surface area contributed by atoms with Gasteiger partial charge in [0, 0.05) is 14.9 Å². The van der Waals surface area contributed by atoms with E-state index in [0.29, 0.717) is 14.9 Å². The largest absolute Gasteiger partial charge is 0.324 e. The molecule has 19 heavy (non-hydrogen) atoms. The first-order valence-electron chi connectivity index (χ1n) is 5.31. The van der Waals surface area contributed by atoms with E-state index in [1.54, 1.807) is 23.9 Å². The third-order valence-corrected chi connectivity index (χ3v) is 4.47. The minimum atomic E-state index is -0.349. The van der Waals surface area contributed by atoms with Crippen molar-refractivity contribution in [3.63, 3.8) is 0 Å². The molecule has 2 aromatic carbocycles. The van der Waals surface area contributed by atoms with E-state index < -0.39 is 0 Å². The first kappa shape index (κ1) is 14.9. The number of benzene rings is 2. The van der Waals surface area contributed by atoms with Crippen LogP contribution in [0.4, 0.5) is 10.1 Å². The molecular weight excluding hydrogens is 324 g/mol. The van der Waals surface area contributed by atoms with Crippen LogP contribution in [0.2, 0.25) is 10.0 Å². The van der Waals surface area contributed by atoms with Crippen molar-refractivity contribution < 1.29 is 4.39 Å². The Hall–Kier alpha value is -0.550. The van der Waals surface area contributed by atoms with Crippen LogP contribution < -0.4 is 4.72 Å². The smallest absolute Gasteiger partial charge is 0.140 e. The normalized spacial score (nSPS) is 10.5. The summed E-state index contributed by atoms with van der Waals surface area (Å²) in [4.78, 5) is 1.53. The van der Waals surface area contributed by atoms with Gasteiger partial charge in [-0.3, -0.25) is 0 Å². The molecule has 2 rings (SSSR count). The minimum absolute atomic E-state index is 0.349. The molecule has 0 saturated heterocycles. The molecule has 0 aromatic heterocycles. The van der Waals surface area contributed by atoms with Crippen LogP contribution in [0.1, 0.15) is 0 Å². The second kappa shape index (κ2) is 6.75. The Balaban J connectivity index is 2.16. The molecule has 0 saturated carbocycles. The van der Waals surface area contributed by atoms with Crippen LogP contribution in [0, 0.1) is 5.82 Å². The number of rotatable bonds is 4. The van der Waals surface area contributed by atoms with Gasteiger partial charge in [-0.25, -0.2) is 4.39 Å². The Morgan fingerprint density at radius 1 is 1.00 bits per heavy atom. The van der Waals surface area contributed by atoms with Gasteiger partial charge in [-0.15, -0.1) is 11.8 Å². The monoisotopic (exact) mass is 333 g/mol. The fraction of sp³-hybridized carbons (Fsp3) is 0.0769. The van der Waals surface area contributed by atoms with Crippen molar-refractivity contribution in [1.82, 2.24) is 0 Å². The van der Waals surface area contributed by atoms with Gasteiger partial charge >= 0.3 is 0 Å². The zero-order valence-electron chi connectivity index (χ0n) is 9.91. The summed E-state index contributed by atoms with van der Waals surface area (Å²) in [6, 6.07) is 10.1. The van der Waals surface area contributed by atoms with E-state index in [2.05, 4.69) is 4.72 Å². The maximum atomic E-state index is 13.6. The Labute approximate surface area is 130 Å². The highest BCUT2D eigenvalue weighted by Crippen LogP contribution is 2.33. The number of hydrogen-bond donors (Lipinski definition) is 1. The predicted octanol–water partition coefficient (Wildman–Crippen LogP) is 5.97. The summed E-state index contributed by atoms with van der Waals surface area (Å²) in [5.41, 5.74) is 0.861. The number of halogens is 3. The van der Waals surface area contributed by atoms with Crippen molar-refractivity contribution in [3.8, 4) is 0 Å². The van der Waals surface area contributed by atoms with E-state index in [4.69, 9.17) is 23.2 Å². The molecule has 100 valence electrons. The van der Waals surface area contributed by atoms with Gasteiger partial charge in [0.25, 0.3) is 0 Å². The fourth-order valence-corrected chi connectivity index (χ4v) is 3.04. The lowest BCUT2D eigenvalue weighted by molar-refractivity contribution is 0.602. The number of nitrogens with one attached hydrogen (secondary N) is 1.